The molecular formula is C21H19N5OS2. The lowest BCUT2D eigenvalue weighted by atomic mass is 9.95. The summed E-state index contributed by atoms with van der Waals surface area (Å²) < 4.78 is 0. The average Bonchev–Trinajstić information content (AvgIpc) is 3.52. The maximum absolute atomic E-state index is 11.2. The third kappa shape index (κ3) is 4.28. The van der Waals surface area contributed by atoms with Gasteiger partial charge in [-0.2, -0.15) is 10.5 Å². The zero-order valence-corrected chi connectivity index (χ0v) is 17.3. The summed E-state index contributed by atoms with van der Waals surface area (Å²) in [5, 5.41) is 45.0. The van der Waals surface area contributed by atoms with Crippen molar-refractivity contribution < 1.29 is 10.4 Å². The molecule has 1 saturated heterocycles. The number of nitriles is 2. The van der Waals surface area contributed by atoms with Gasteiger partial charge in [-0.3, -0.25) is 0 Å². The first-order valence-corrected chi connectivity index (χ1v) is 11.0. The minimum atomic E-state index is -1.77. The second-order valence-electron chi connectivity index (χ2n) is 6.47. The summed E-state index contributed by atoms with van der Waals surface area (Å²) in [5.41, 5.74) is -1.74. The smallest absolute Gasteiger partial charge is 0.221 e. The van der Waals surface area contributed by atoms with Gasteiger partial charge in [-0.15, -0.1) is 22.7 Å². The second-order valence-corrected chi connectivity index (χ2v) is 8.37. The summed E-state index contributed by atoms with van der Waals surface area (Å²) in [6, 6.07) is 10.8. The molecule has 0 aliphatic carbocycles. The zero-order valence-electron chi connectivity index (χ0n) is 15.6. The highest BCUT2D eigenvalue weighted by molar-refractivity contribution is 7.11. The standard InChI is InChI=1S/C16H7N4OS2.C5H11N/c17-7-10(8-18)15-11(9-19)14(12-3-1-5-22-12)16(21,20-15)13-4-2-6-23-13;1-2-4-6-5-3-1/h1-6,21H;6H,1-5H2/q-1;/p+1. The minimum Gasteiger partial charge on any atom is -0.762 e. The average molecular weight is 422 g/mol. The van der Waals surface area contributed by atoms with Crippen molar-refractivity contribution in [1.82, 2.24) is 0 Å². The fourth-order valence-electron chi connectivity index (χ4n) is 3.26. The molecule has 146 valence electrons. The van der Waals surface area contributed by atoms with E-state index in [1.54, 1.807) is 41.6 Å². The van der Waals surface area contributed by atoms with Gasteiger partial charge in [-0.1, -0.05) is 12.1 Å². The summed E-state index contributed by atoms with van der Waals surface area (Å²) in [4.78, 5) is 5.40. The monoisotopic (exact) mass is 421 g/mol. The van der Waals surface area contributed by atoms with Crippen LogP contribution in [0.3, 0.4) is 0 Å². The number of allylic oxidation sites excluding steroid dienone is 2. The van der Waals surface area contributed by atoms with Crippen molar-refractivity contribution in [2.24, 2.45) is 4.99 Å². The van der Waals surface area contributed by atoms with Crippen LogP contribution in [0.1, 0.15) is 29.0 Å². The highest BCUT2D eigenvalue weighted by Crippen LogP contribution is 2.47. The van der Waals surface area contributed by atoms with E-state index >= 15 is 0 Å². The molecule has 0 spiro atoms. The molecule has 0 amide bonds. The molecule has 1 unspecified atom stereocenters. The normalized spacial score (nSPS) is 20.6. The van der Waals surface area contributed by atoms with Gasteiger partial charge in [0.2, 0.25) is 5.72 Å². The van der Waals surface area contributed by atoms with Gasteiger partial charge < -0.3 is 15.8 Å². The quantitative estimate of drug-likeness (QED) is 0.586. The molecule has 1 atom stereocenters. The summed E-state index contributed by atoms with van der Waals surface area (Å²) >= 11 is 2.65. The zero-order chi connectivity index (χ0) is 20.7. The molecule has 0 aromatic carbocycles. The van der Waals surface area contributed by atoms with Crippen molar-refractivity contribution in [2.45, 2.75) is 25.0 Å². The number of rotatable bonds is 3. The fourth-order valence-corrected chi connectivity index (χ4v) is 4.85. The highest BCUT2D eigenvalue weighted by Gasteiger charge is 2.45. The lowest BCUT2D eigenvalue weighted by Crippen LogP contribution is -2.85. The highest BCUT2D eigenvalue weighted by atomic mass is 32.1. The Kier molecular flexibility index (Phi) is 6.90. The van der Waals surface area contributed by atoms with E-state index in [1.165, 1.54) is 55.0 Å². The van der Waals surface area contributed by atoms with E-state index in [9.17, 15) is 10.4 Å². The lowest BCUT2D eigenvalue weighted by molar-refractivity contribution is -0.662. The van der Waals surface area contributed by atoms with Crippen LogP contribution in [-0.4, -0.2) is 29.8 Å². The molecule has 8 heteroatoms. The van der Waals surface area contributed by atoms with Crippen molar-refractivity contribution in [3.8, 4) is 12.1 Å². The van der Waals surface area contributed by atoms with E-state index in [-0.39, 0.29) is 16.9 Å². The van der Waals surface area contributed by atoms with Crippen LogP contribution >= 0.6 is 22.7 Å². The molecule has 2 aliphatic rings. The molecule has 1 fully saturated rings. The SMILES string of the molecule is C1CC[NH2+]CC1.N#CC(=C=[N-])C1=NC(O)(c2cccs2)C(c2cccs2)=C1C#N. The third-order valence-electron chi connectivity index (χ3n) is 4.63. The molecular weight excluding hydrogens is 402 g/mol. The summed E-state index contributed by atoms with van der Waals surface area (Å²) in [7, 11) is 0. The molecule has 0 saturated carbocycles. The van der Waals surface area contributed by atoms with Crippen LogP contribution in [0.2, 0.25) is 0 Å². The predicted molar refractivity (Wildman–Crippen MR) is 116 cm³/mol. The molecule has 0 bridgehead atoms. The van der Waals surface area contributed by atoms with E-state index in [1.807, 2.05) is 11.4 Å². The van der Waals surface area contributed by atoms with Crippen LogP contribution in [0, 0.1) is 22.7 Å². The van der Waals surface area contributed by atoms with Crippen LogP contribution in [0.5, 0.6) is 0 Å². The maximum atomic E-state index is 11.2. The van der Waals surface area contributed by atoms with E-state index in [0.29, 0.717) is 15.3 Å². The first-order valence-electron chi connectivity index (χ1n) is 9.20. The van der Waals surface area contributed by atoms with Gasteiger partial charge in [0.05, 0.1) is 29.1 Å². The van der Waals surface area contributed by atoms with Gasteiger partial charge >= 0.3 is 0 Å². The Hall–Kier alpha value is -2.84. The number of hydrogen-bond donors (Lipinski definition) is 2. The number of hydrogen-bond acceptors (Lipinski definition) is 6. The molecule has 2 aliphatic heterocycles. The Morgan fingerprint density at radius 1 is 1.14 bits per heavy atom. The first-order chi connectivity index (χ1) is 14.2. The van der Waals surface area contributed by atoms with Gasteiger partial charge in [0.15, 0.2) is 0 Å². The fraction of sp³-hybridized carbons (Fsp3) is 0.286. The van der Waals surface area contributed by atoms with E-state index < -0.39 is 5.72 Å². The Morgan fingerprint density at radius 2 is 1.86 bits per heavy atom. The predicted octanol–water partition coefficient (Wildman–Crippen LogP) is 2.81. The Bertz CT molecular complexity index is 1030. The summed E-state index contributed by atoms with van der Waals surface area (Å²) in [6.07, 6.45) is 4.36. The number of nitrogens with two attached hydrogens (primary N) is 1. The number of thiophene rings is 2. The molecule has 4 heterocycles. The third-order valence-corrected chi connectivity index (χ3v) is 6.49. The van der Waals surface area contributed by atoms with Crippen LogP contribution in [0.4, 0.5) is 0 Å². The second kappa shape index (κ2) is 9.58. The Balaban J connectivity index is 0.000000343. The summed E-state index contributed by atoms with van der Waals surface area (Å²) in [6.45, 7) is 2.75. The van der Waals surface area contributed by atoms with Crippen molar-refractivity contribution in [3.05, 3.63) is 61.3 Å². The Labute approximate surface area is 177 Å². The molecule has 3 N–H and O–H groups in total. The first kappa shape index (κ1) is 20.9. The maximum Gasteiger partial charge on any atom is 0.221 e. The van der Waals surface area contributed by atoms with Crippen LogP contribution in [0.25, 0.3) is 11.0 Å². The molecule has 0 radical (unpaired) electrons. The van der Waals surface area contributed by atoms with Crippen LogP contribution in [-0.2, 0) is 5.72 Å². The van der Waals surface area contributed by atoms with Gasteiger partial charge in [0, 0.05) is 10.5 Å². The number of aliphatic imine (C=N–C) groups is 1. The van der Waals surface area contributed by atoms with Crippen molar-refractivity contribution in [1.29, 1.82) is 10.5 Å². The van der Waals surface area contributed by atoms with E-state index in [2.05, 4.69) is 10.3 Å². The number of nitrogens with zero attached hydrogens (tertiary/aromatic N) is 4. The lowest BCUT2D eigenvalue weighted by Gasteiger charge is -2.21. The van der Waals surface area contributed by atoms with Gasteiger partial charge in [0.25, 0.3) is 0 Å². The van der Waals surface area contributed by atoms with Gasteiger partial charge in [0.1, 0.15) is 17.9 Å². The van der Waals surface area contributed by atoms with Crippen LogP contribution in [0.15, 0.2) is 51.2 Å². The van der Waals surface area contributed by atoms with Crippen molar-refractivity contribution in [3.63, 3.8) is 0 Å². The van der Waals surface area contributed by atoms with Gasteiger partial charge in [-0.25, -0.2) is 10.9 Å². The van der Waals surface area contributed by atoms with Gasteiger partial charge in [-0.05, 0) is 42.2 Å². The number of quaternary nitrogens is 1. The number of aliphatic hydroxyl groups is 1. The van der Waals surface area contributed by atoms with Crippen LogP contribution < -0.4 is 5.32 Å². The Morgan fingerprint density at radius 3 is 2.31 bits per heavy atom. The molecule has 2 aromatic rings. The van der Waals surface area contributed by atoms with E-state index in [4.69, 9.17) is 10.7 Å². The molecule has 29 heavy (non-hydrogen) atoms. The molecule has 4 rings (SSSR count). The minimum absolute atomic E-state index is 0.0569. The van der Waals surface area contributed by atoms with Crippen molar-refractivity contribution >= 4 is 39.8 Å². The number of piperidine rings is 1. The van der Waals surface area contributed by atoms with Crippen molar-refractivity contribution in [2.75, 3.05) is 13.1 Å². The largest absolute Gasteiger partial charge is 0.762 e. The van der Waals surface area contributed by atoms with E-state index in [0.717, 1.165) is 0 Å². The summed E-state index contributed by atoms with van der Waals surface area (Å²) in [5.74, 6) is 1.74. The molecule has 2 aromatic heterocycles. The molecule has 6 nitrogen and oxygen atoms in total. The topological polar surface area (TPSA) is 119 Å².